The molecule has 0 aliphatic rings. The van der Waals surface area contributed by atoms with Crippen LogP contribution in [-0.2, 0) is 9.53 Å². The van der Waals surface area contributed by atoms with Crippen molar-refractivity contribution >= 4 is 18.6 Å². The van der Waals surface area contributed by atoms with Gasteiger partial charge < -0.3 is 4.74 Å². The standard InChI is InChI=1S/C7H14O2S/c1-4-5-6(8)9-7(2,3)10/h10H,4-5H2,1-3H3. The summed E-state index contributed by atoms with van der Waals surface area (Å²) in [7, 11) is 0. The van der Waals surface area contributed by atoms with E-state index in [1.807, 2.05) is 6.92 Å². The molecule has 0 aliphatic heterocycles. The van der Waals surface area contributed by atoms with E-state index >= 15 is 0 Å². The van der Waals surface area contributed by atoms with Gasteiger partial charge in [0.15, 0.2) is 0 Å². The molecule has 0 aromatic rings. The van der Waals surface area contributed by atoms with E-state index in [4.69, 9.17) is 4.74 Å². The third-order valence-electron chi connectivity index (χ3n) is 0.818. The normalized spacial score (nSPS) is 11.2. The minimum absolute atomic E-state index is 0.178. The summed E-state index contributed by atoms with van der Waals surface area (Å²) in [6, 6.07) is 0. The lowest BCUT2D eigenvalue weighted by Crippen LogP contribution is -2.20. The first-order chi connectivity index (χ1) is 4.45. The molecule has 0 radical (unpaired) electrons. The molecule has 0 amide bonds. The van der Waals surface area contributed by atoms with E-state index in [9.17, 15) is 4.79 Å². The smallest absolute Gasteiger partial charge is 0.307 e. The second-order valence-electron chi connectivity index (χ2n) is 2.67. The third kappa shape index (κ3) is 5.95. The molecule has 0 saturated heterocycles. The topological polar surface area (TPSA) is 26.3 Å². The van der Waals surface area contributed by atoms with Gasteiger partial charge >= 0.3 is 5.97 Å². The summed E-state index contributed by atoms with van der Waals surface area (Å²) in [5.41, 5.74) is 0. The fourth-order valence-electron chi connectivity index (χ4n) is 0.534. The van der Waals surface area contributed by atoms with Crippen LogP contribution in [0.5, 0.6) is 0 Å². The van der Waals surface area contributed by atoms with E-state index in [2.05, 4.69) is 12.6 Å². The van der Waals surface area contributed by atoms with Gasteiger partial charge in [0, 0.05) is 6.42 Å². The van der Waals surface area contributed by atoms with E-state index < -0.39 is 4.93 Å². The highest BCUT2D eigenvalue weighted by molar-refractivity contribution is 7.81. The molecule has 10 heavy (non-hydrogen) atoms. The van der Waals surface area contributed by atoms with Crippen molar-refractivity contribution in [3.63, 3.8) is 0 Å². The van der Waals surface area contributed by atoms with Gasteiger partial charge in [0.05, 0.1) is 0 Å². The lowest BCUT2D eigenvalue weighted by molar-refractivity contribution is -0.149. The highest BCUT2D eigenvalue weighted by atomic mass is 32.1. The zero-order valence-corrected chi connectivity index (χ0v) is 7.57. The van der Waals surface area contributed by atoms with Crippen LogP contribution in [0.2, 0.25) is 0 Å². The summed E-state index contributed by atoms with van der Waals surface area (Å²) in [5, 5.41) is 0. The molecule has 0 N–H and O–H groups in total. The monoisotopic (exact) mass is 162 g/mol. The van der Waals surface area contributed by atoms with Crippen molar-refractivity contribution in [2.45, 2.75) is 38.5 Å². The molecule has 0 fully saturated rings. The molecule has 0 aromatic carbocycles. The van der Waals surface area contributed by atoms with Crippen molar-refractivity contribution in [1.29, 1.82) is 0 Å². The van der Waals surface area contributed by atoms with Crippen LogP contribution in [-0.4, -0.2) is 10.9 Å². The Kier molecular flexibility index (Phi) is 3.79. The van der Waals surface area contributed by atoms with Crippen LogP contribution >= 0.6 is 12.6 Å². The Morgan fingerprint density at radius 3 is 2.40 bits per heavy atom. The van der Waals surface area contributed by atoms with Gasteiger partial charge in [0.2, 0.25) is 0 Å². The molecule has 3 heteroatoms. The Morgan fingerprint density at radius 2 is 2.10 bits per heavy atom. The number of hydrogen-bond acceptors (Lipinski definition) is 3. The molecule has 0 heterocycles. The molecule has 0 spiro atoms. The van der Waals surface area contributed by atoms with Crippen LogP contribution < -0.4 is 0 Å². The van der Waals surface area contributed by atoms with E-state index in [1.165, 1.54) is 0 Å². The maximum absolute atomic E-state index is 10.8. The fraction of sp³-hybridized carbons (Fsp3) is 0.857. The van der Waals surface area contributed by atoms with Crippen molar-refractivity contribution in [3.05, 3.63) is 0 Å². The minimum atomic E-state index is -0.633. The number of carbonyl (C=O) groups is 1. The first-order valence-corrected chi connectivity index (χ1v) is 3.84. The van der Waals surface area contributed by atoms with Crippen LogP contribution in [0.3, 0.4) is 0 Å². The number of rotatable bonds is 3. The highest BCUT2D eigenvalue weighted by Crippen LogP contribution is 2.14. The van der Waals surface area contributed by atoms with Gasteiger partial charge in [-0.05, 0) is 20.3 Å². The van der Waals surface area contributed by atoms with E-state index in [0.29, 0.717) is 6.42 Å². The predicted octanol–water partition coefficient (Wildman–Crippen LogP) is 2.00. The molecular formula is C7H14O2S. The average Bonchev–Trinajstić information content (AvgIpc) is 1.59. The van der Waals surface area contributed by atoms with Gasteiger partial charge in [-0.1, -0.05) is 6.92 Å². The minimum Gasteiger partial charge on any atom is -0.449 e. The summed E-state index contributed by atoms with van der Waals surface area (Å²) in [4.78, 5) is 10.2. The maximum Gasteiger partial charge on any atom is 0.307 e. The lowest BCUT2D eigenvalue weighted by Gasteiger charge is -2.17. The summed E-state index contributed by atoms with van der Waals surface area (Å²) in [5.74, 6) is -0.178. The number of ether oxygens (including phenoxy) is 1. The van der Waals surface area contributed by atoms with E-state index in [1.54, 1.807) is 13.8 Å². The first kappa shape index (κ1) is 9.82. The number of thiol groups is 1. The van der Waals surface area contributed by atoms with Gasteiger partial charge in [-0.15, -0.1) is 12.6 Å². The summed E-state index contributed by atoms with van der Waals surface area (Å²) in [6.45, 7) is 5.42. The first-order valence-electron chi connectivity index (χ1n) is 3.40. The third-order valence-corrected chi connectivity index (χ3v) is 0.909. The van der Waals surface area contributed by atoms with Gasteiger partial charge in [0.25, 0.3) is 0 Å². The van der Waals surface area contributed by atoms with Crippen LogP contribution in [0.25, 0.3) is 0 Å². The molecule has 0 rings (SSSR count). The van der Waals surface area contributed by atoms with Crippen molar-refractivity contribution < 1.29 is 9.53 Å². The molecule has 0 atom stereocenters. The Morgan fingerprint density at radius 1 is 1.60 bits per heavy atom. The SMILES string of the molecule is CCCC(=O)OC(C)(C)S. The molecule has 0 aromatic heterocycles. The van der Waals surface area contributed by atoms with Crippen LogP contribution in [0.4, 0.5) is 0 Å². The highest BCUT2D eigenvalue weighted by Gasteiger charge is 2.15. The van der Waals surface area contributed by atoms with Crippen molar-refractivity contribution in [1.82, 2.24) is 0 Å². The predicted molar refractivity (Wildman–Crippen MR) is 44.1 cm³/mol. The molecular weight excluding hydrogens is 148 g/mol. The second-order valence-corrected chi connectivity index (χ2v) is 3.75. The lowest BCUT2D eigenvalue weighted by atomic mass is 10.3. The number of hydrogen-bond donors (Lipinski definition) is 1. The fourth-order valence-corrected chi connectivity index (χ4v) is 0.636. The average molecular weight is 162 g/mol. The van der Waals surface area contributed by atoms with Gasteiger partial charge in [0.1, 0.15) is 4.93 Å². The summed E-state index contributed by atoms with van der Waals surface area (Å²) in [6.07, 6.45) is 1.30. The van der Waals surface area contributed by atoms with E-state index in [0.717, 1.165) is 6.42 Å². The zero-order valence-electron chi connectivity index (χ0n) is 6.68. The quantitative estimate of drug-likeness (QED) is 0.390. The Balaban J connectivity index is 3.58. The largest absolute Gasteiger partial charge is 0.449 e. The van der Waals surface area contributed by atoms with Crippen molar-refractivity contribution in [2.75, 3.05) is 0 Å². The summed E-state index contributed by atoms with van der Waals surface area (Å²) >= 11 is 4.04. The number of carbonyl (C=O) groups excluding carboxylic acids is 1. The Bertz CT molecular complexity index is 115. The summed E-state index contributed by atoms with van der Waals surface area (Å²) < 4.78 is 4.90. The maximum atomic E-state index is 10.8. The van der Waals surface area contributed by atoms with Crippen molar-refractivity contribution in [2.24, 2.45) is 0 Å². The molecule has 2 nitrogen and oxygen atoms in total. The Hall–Kier alpha value is -0.180. The molecule has 0 bridgehead atoms. The van der Waals surface area contributed by atoms with Gasteiger partial charge in [-0.2, -0.15) is 0 Å². The van der Waals surface area contributed by atoms with Crippen LogP contribution in [0, 0.1) is 0 Å². The van der Waals surface area contributed by atoms with E-state index in [-0.39, 0.29) is 5.97 Å². The van der Waals surface area contributed by atoms with Gasteiger partial charge in [-0.3, -0.25) is 4.79 Å². The molecule has 0 saturated carbocycles. The Labute approximate surface area is 67.4 Å². The van der Waals surface area contributed by atoms with Crippen LogP contribution in [0.15, 0.2) is 0 Å². The zero-order chi connectivity index (χ0) is 8.20. The number of esters is 1. The molecule has 60 valence electrons. The van der Waals surface area contributed by atoms with Gasteiger partial charge in [-0.25, -0.2) is 0 Å². The molecule has 0 unspecified atom stereocenters. The second kappa shape index (κ2) is 3.86. The van der Waals surface area contributed by atoms with Crippen LogP contribution in [0.1, 0.15) is 33.6 Å². The van der Waals surface area contributed by atoms with Crippen molar-refractivity contribution in [3.8, 4) is 0 Å². The molecule has 0 aliphatic carbocycles.